The van der Waals surface area contributed by atoms with E-state index in [2.05, 4.69) is 22.1 Å². The van der Waals surface area contributed by atoms with Crippen molar-refractivity contribution in [2.24, 2.45) is 0 Å². The molecule has 1 unspecified atom stereocenters. The van der Waals surface area contributed by atoms with E-state index in [4.69, 9.17) is 0 Å². The molecule has 0 aliphatic heterocycles. The number of aromatic nitrogens is 2. The lowest BCUT2D eigenvalue weighted by molar-refractivity contribution is 0.163. The van der Waals surface area contributed by atoms with Crippen molar-refractivity contribution in [2.75, 3.05) is 0 Å². The van der Waals surface area contributed by atoms with Crippen molar-refractivity contribution in [3.05, 3.63) is 60.2 Å². The minimum atomic E-state index is -0.511. The first-order valence-electron chi connectivity index (χ1n) is 5.34. The van der Waals surface area contributed by atoms with E-state index in [1.807, 2.05) is 18.2 Å². The Kier molecular flexibility index (Phi) is 3.62. The zero-order chi connectivity index (χ0) is 11.2. The van der Waals surface area contributed by atoms with Crippen molar-refractivity contribution in [2.45, 2.75) is 18.9 Å². The van der Waals surface area contributed by atoms with Crippen LogP contribution in [0.25, 0.3) is 0 Å². The first-order chi connectivity index (χ1) is 7.86. The van der Waals surface area contributed by atoms with Crippen molar-refractivity contribution in [3.8, 4) is 0 Å². The fourth-order valence-corrected chi connectivity index (χ4v) is 1.59. The minimum absolute atomic E-state index is 0.511. The predicted octanol–water partition coefficient (Wildman–Crippen LogP) is 2.14. The minimum Gasteiger partial charge on any atom is -0.387 e. The van der Waals surface area contributed by atoms with Crippen molar-refractivity contribution in [1.82, 2.24) is 9.97 Å². The Balaban J connectivity index is 1.92. The summed E-state index contributed by atoms with van der Waals surface area (Å²) in [6.45, 7) is 0. The van der Waals surface area contributed by atoms with Crippen molar-refractivity contribution in [1.29, 1.82) is 0 Å². The third kappa shape index (κ3) is 2.87. The smallest absolute Gasteiger partial charge is 0.115 e. The summed E-state index contributed by atoms with van der Waals surface area (Å²) in [5, 5.41) is 9.89. The summed E-state index contributed by atoms with van der Waals surface area (Å²) in [5.41, 5.74) is 1.92. The molecule has 1 N–H and O–H groups in total. The first-order valence-corrected chi connectivity index (χ1v) is 5.34. The van der Waals surface area contributed by atoms with Gasteiger partial charge in [0, 0.05) is 6.20 Å². The van der Waals surface area contributed by atoms with Crippen LogP contribution in [0.4, 0.5) is 0 Å². The van der Waals surface area contributed by atoms with E-state index in [-0.39, 0.29) is 0 Å². The molecule has 0 bridgehead atoms. The molecule has 1 aromatic heterocycles. The lowest BCUT2D eigenvalue weighted by atomic mass is 10.1. The topological polar surface area (TPSA) is 46.0 Å². The molecule has 0 aliphatic carbocycles. The number of aryl methyl sites for hydroxylation is 1. The van der Waals surface area contributed by atoms with Crippen LogP contribution in [0.15, 0.2) is 48.9 Å². The van der Waals surface area contributed by atoms with Gasteiger partial charge in [0.15, 0.2) is 0 Å². The van der Waals surface area contributed by atoms with Crippen molar-refractivity contribution in [3.63, 3.8) is 0 Å². The Labute approximate surface area is 94.8 Å². The van der Waals surface area contributed by atoms with E-state index in [0.717, 1.165) is 6.42 Å². The van der Waals surface area contributed by atoms with E-state index < -0.39 is 6.10 Å². The van der Waals surface area contributed by atoms with Crippen molar-refractivity contribution < 1.29 is 5.11 Å². The average molecular weight is 214 g/mol. The lowest BCUT2D eigenvalue weighted by Gasteiger charge is -2.09. The fourth-order valence-electron chi connectivity index (χ4n) is 1.59. The second-order valence-electron chi connectivity index (χ2n) is 3.67. The number of aliphatic hydroxyl groups excluding tert-OH is 1. The Bertz CT molecular complexity index is 416. The molecule has 16 heavy (non-hydrogen) atoms. The molecule has 0 saturated carbocycles. The van der Waals surface area contributed by atoms with Crippen LogP contribution >= 0.6 is 0 Å². The number of hydrogen-bond donors (Lipinski definition) is 1. The summed E-state index contributed by atoms with van der Waals surface area (Å²) in [6.07, 6.45) is 4.13. The molecule has 2 aromatic rings. The molecule has 0 saturated heterocycles. The molecule has 0 amide bonds. The molecule has 0 aliphatic rings. The van der Waals surface area contributed by atoms with E-state index in [1.165, 1.54) is 11.9 Å². The van der Waals surface area contributed by atoms with Crippen LogP contribution in [0, 0.1) is 0 Å². The maximum absolute atomic E-state index is 9.89. The van der Waals surface area contributed by atoms with Gasteiger partial charge in [-0.3, -0.25) is 0 Å². The summed E-state index contributed by atoms with van der Waals surface area (Å²) < 4.78 is 0. The Hall–Kier alpha value is -1.74. The van der Waals surface area contributed by atoms with Crippen LogP contribution in [0.5, 0.6) is 0 Å². The zero-order valence-electron chi connectivity index (χ0n) is 8.95. The third-order valence-electron chi connectivity index (χ3n) is 2.50. The van der Waals surface area contributed by atoms with E-state index in [0.29, 0.717) is 12.1 Å². The van der Waals surface area contributed by atoms with Crippen LogP contribution in [-0.2, 0) is 6.42 Å². The first kappa shape index (κ1) is 10.8. The SMILES string of the molecule is OC(CCc1ccccc1)c1ccncn1. The molecule has 0 fully saturated rings. The van der Waals surface area contributed by atoms with Crippen molar-refractivity contribution >= 4 is 0 Å². The summed E-state index contributed by atoms with van der Waals surface area (Å²) >= 11 is 0. The highest BCUT2D eigenvalue weighted by Crippen LogP contribution is 2.15. The molecule has 1 atom stereocenters. The number of aliphatic hydroxyl groups is 1. The highest BCUT2D eigenvalue weighted by molar-refractivity contribution is 5.15. The standard InChI is InChI=1S/C13H14N2O/c16-13(12-8-9-14-10-15-12)7-6-11-4-2-1-3-5-11/h1-5,8-10,13,16H,6-7H2. The van der Waals surface area contributed by atoms with E-state index >= 15 is 0 Å². The largest absolute Gasteiger partial charge is 0.387 e. The Morgan fingerprint density at radius 1 is 1.12 bits per heavy atom. The van der Waals surface area contributed by atoms with Crippen LogP contribution in [0.2, 0.25) is 0 Å². The van der Waals surface area contributed by atoms with Gasteiger partial charge in [-0.05, 0) is 24.5 Å². The number of rotatable bonds is 4. The second kappa shape index (κ2) is 5.37. The zero-order valence-corrected chi connectivity index (χ0v) is 8.95. The summed E-state index contributed by atoms with van der Waals surface area (Å²) in [7, 11) is 0. The summed E-state index contributed by atoms with van der Waals surface area (Å²) in [4.78, 5) is 7.85. The molecule has 2 rings (SSSR count). The fraction of sp³-hybridized carbons (Fsp3) is 0.231. The average Bonchev–Trinajstić information content (AvgIpc) is 2.38. The van der Waals surface area contributed by atoms with Gasteiger partial charge in [0.1, 0.15) is 6.33 Å². The van der Waals surface area contributed by atoms with Gasteiger partial charge >= 0.3 is 0 Å². The highest BCUT2D eigenvalue weighted by Gasteiger charge is 2.08. The molecule has 0 radical (unpaired) electrons. The highest BCUT2D eigenvalue weighted by atomic mass is 16.3. The van der Waals surface area contributed by atoms with E-state index in [9.17, 15) is 5.11 Å². The summed E-state index contributed by atoms with van der Waals surface area (Å²) in [6, 6.07) is 11.9. The Morgan fingerprint density at radius 2 is 1.94 bits per heavy atom. The normalized spacial score (nSPS) is 12.3. The monoisotopic (exact) mass is 214 g/mol. The van der Waals surface area contributed by atoms with Gasteiger partial charge in [0.25, 0.3) is 0 Å². The van der Waals surface area contributed by atoms with Gasteiger partial charge in [0.2, 0.25) is 0 Å². The molecule has 1 heterocycles. The van der Waals surface area contributed by atoms with Crippen LogP contribution in [0.1, 0.15) is 23.8 Å². The lowest BCUT2D eigenvalue weighted by Crippen LogP contribution is -2.02. The summed E-state index contributed by atoms with van der Waals surface area (Å²) in [5.74, 6) is 0. The van der Waals surface area contributed by atoms with Gasteiger partial charge in [-0.2, -0.15) is 0 Å². The molecule has 0 spiro atoms. The molecular formula is C13H14N2O. The number of nitrogens with zero attached hydrogens (tertiary/aromatic N) is 2. The van der Waals surface area contributed by atoms with Crippen LogP contribution in [-0.4, -0.2) is 15.1 Å². The maximum atomic E-state index is 9.89. The number of hydrogen-bond acceptors (Lipinski definition) is 3. The molecule has 3 nitrogen and oxygen atoms in total. The maximum Gasteiger partial charge on any atom is 0.115 e. The van der Waals surface area contributed by atoms with Gasteiger partial charge in [-0.1, -0.05) is 30.3 Å². The second-order valence-corrected chi connectivity index (χ2v) is 3.67. The van der Waals surface area contributed by atoms with Gasteiger partial charge < -0.3 is 5.11 Å². The number of benzene rings is 1. The quantitative estimate of drug-likeness (QED) is 0.848. The van der Waals surface area contributed by atoms with Crippen LogP contribution < -0.4 is 0 Å². The molecule has 82 valence electrons. The van der Waals surface area contributed by atoms with E-state index in [1.54, 1.807) is 12.3 Å². The molecular weight excluding hydrogens is 200 g/mol. The van der Waals surface area contributed by atoms with Gasteiger partial charge in [-0.15, -0.1) is 0 Å². The molecule has 3 heteroatoms. The Morgan fingerprint density at radius 3 is 2.62 bits per heavy atom. The van der Waals surface area contributed by atoms with Gasteiger partial charge in [0.05, 0.1) is 11.8 Å². The van der Waals surface area contributed by atoms with Gasteiger partial charge in [-0.25, -0.2) is 9.97 Å². The molecule has 1 aromatic carbocycles. The third-order valence-corrected chi connectivity index (χ3v) is 2.50. The van der Waals surface area contributed by atoms with Crippen LogP contribution in [0.3, 0.4) is 0 Å². The predicted molar refractivity (Wildman–Crippen MR) is 61.8 cm³/mol.